The summed E-state index contributed by atoms with van der Waals surface area (Å²) in [6.45, 7) is 8.85. The van der Waals surface area contributed by atoms with Crippen LogP contribution in [0, 0.1) is 12.8 Å². The molecule has 1 aliphatic rings. The highest BCUT2D eigenvalue weighted by Gasteiger charge is 2.28. The van der Waals surface area contributed by atoms with Gasteiger partial charge in [0, 0.05) is 25.0 Å². The van der Waals surface area contributed by atoms with E-state index in [2.05, 4.69) is 78.0 Å². The van der Waals surface area contributed by atoms with Crippen LogP contribution in [0.5, 0.6) is 0 Å². The molecule has 1 aliphatic heterocycles. The Balaban J connectivity index is 1.56. The zero-order chi connectivity index (χ0) is 21.1. The van der Waals surface area contributed by atoms with E-state index < -0.39 is 0 Å². The quantitative estimate of drug-likeness (QED) is 0.657. The monoisotopic (exact) mass is 404 g/mol. The van der Waals surface area contributed by atoms with Crippen LogP contribution in [0.25, 0.3) is 11.0 Å². The number of hydrogen-bond donors (Lipinski definition) is 1. The number of nitrogens with one attached hydrogen (secondary N) is 1. The summed E-state index contributed by atoms with van der Waals surface area (Å²) in [6, 6.07) is 17.1. The Morgan fingerprint density at radius 3 is 2.57 bits per heavy atom. The van der Waals surface area contributed by atoms with Gasteiger partial charge >= 0.3 is 0 Å². The largest absolute Gasteiger partial charge is 0.353 e. The minimum atomic E-state index is 0.101. The molecule has 3 aromatic rings. The lowest BCUT2D eigenvalue weighted by Crippen LogP contribution is -2.43. The first-order valence-electron chi connectivity index (χ1n) is 11.1. The van der Waals surface area contributed by atoms with Gasteiger partial charge in [0.1, 0.15) is 0 Å². The molecule has 1 N–H and O–H groups in total. The smallest absolute Gasteiger partial charge is 0.223 e. The predicted molar refractivity (Wildman–Crippen MR) is 123 cm³/mol. The Kier molecular flexibility index (Phi) is 6.07. The number of benzene rings is 2. The number of nitrogens with zero attached hydrogens (tertiary/aromatic N) is 3. The van der Waals surface area contributed by atoms with Gasteiger partial charge in [0.25, 0.3) is 0 Å². The van der Waals surface area contributed by atoms with Gasteiger partial charge in [-0.05, 0) is 56.4 Å². The minimum Gasteiger partial charge on any atom is -0.353 e. The highest BCUT2D eigenvalue weighted by molar-refractivity contribution is 5.80. The molecule has 5 nitrogen and oxygen atoms in total. The Bertz CT molecular complexity index is 1020. The molecule has 0 radical (unpaired) electrons. The number of imidazole rings is 1. The van der Waals surface area contributed by atoms with Gasteiger partial charge in [-0.15, -0.1) is 0 Å². The standard InChI is InChI=1S/C25H32N4O/c1-4-19(3)26-24(30)20-13-15-28(16-14-20)25-27-22-11-7-8-12-23(22)29(25)17-21-10-6-5-9-18(21)2/h5-12,19-20H,4,13-17H2,1-3H3,(H,26,30). The molecule has 0 bridgehead atoms. The van der Waals surface area contributed by atoms with Crippen LogP contribution in [0.3, 0.4) is 0 Å². The molecule has 2 aromatic carbocycles. The Morgan fingerprint density at radius 1 is 1.13 bits per heavy atom. The first kappa shape index (κ1) is 20.5. The molecule has 1 atom stereocenters. The predicted octanol–water partition coefficient (Wildman–Crippen LogP) is 4.52. The summed E-state index contributed by atoms with van der Waals surface area (Å²) in [5.74, 6) is 1.32. The Labute approximate surface area is 179 Å². The van der Waals surface area contributed by atoms with Gasteiger partial charge in [-0.25, -0.2) is 4.98 Å². The number of rotatable bonds is 6. The van der Waals surface area contributed by atoms with E-state index in [1.807, 2.05) is 6.07 Å². The van der Waals surface area contributed by atoms with Crippen LogP contribution >= 0.6 is 0 Å². The molecular weight excluding hydrogens is 372 g/mol. The lowest BCUT2D eigenvalue weighted by molar-refractivity contribution is -0.126. The van der Waals surface area contributed by atoms with Gasteiger partial charge < -0.3 is 14.8 Å². The molecule has 1 fully saturated rings. The van der Waals surface area contributed by atoms with Crippen LogP contribution in [-0.4, -0.2) is 34.6 Å². The molecular formula is C25H32N4O. The van der Waals surface area contributed by atoms with Crippen molar-refractivity contribution in [2.24, 2.45) is 5.92 Å². The van der Waals surface area contributed by atoms with Crippen LogP contribution < -0.4 is 10.2 Å². The molecule has 4 rings (SSSR count). The second-order valence-corrected chi connectivity index (χ2v) is 8.49. The minimum absolute atomic E-state index is 0.101. The molecule has 0 aliphatic carbocycles. The van der Waals surface area contributed by atoms with E-state index in [1.54, 1.807) is 0 Å². The fourth-order valence-electron chi connectivity index (χ4n) is 4.22. The highest BCUT2D eigenvalue weighted by atomic mass is 16.1. The summed E-state index contributed by atoms with van der Waals surface area (Å²) in [5.41, 5.74) is 4.79. The molecule has 1 amide bonds. The summed E-state index contributed by atoms with van der Waals surface area (Å²) in [6.07, 6.45) is 2.71. The van der Waals surface area contributed by atoms with Gasteiger partial charge in [0.05, 0.1) is 17.6 Å². The van der Waals surface area contributed by atoms with Gasteiger partial charge in [0.2, 0.25) is 11.9 Å². The molecule has 1 aromatic heterocycles. The van der Waals surface area contributed by atoms with Crippen molar-refractivity contribution >= 4 is 22.9 Å². The van der Waals surface area contributed by atoms with Crippen molar-refractivity contribution in [2.45, 2.75) is 52.6 Å². The highest BCUT2D eigenvalue weighted by Crippen LogP contribution is 2.28. The van der Waals surface area contributed by atoms with E-state index in [-0.39, 0.29) is 17.9 Å². The number of carbonyl (C=O) groups excluding carboxylic acids is 1. The van der Waals surface area contributed by atoms with Crippen molar-refractivity contribution in [3.63, 3.8) is 0 Å². The molecule has 30 heavy (non-hydrogen) atoms. The van der Waals surface area contributed by atoms with Crippen molar-refractivity contribution in [1.82, 2.24) is 14.9 Å². The number of anilines is 1. The number of aromatic nitrogens is 2. The van der Waals surface area contributed by atoms with Crippen molar-refractivity contribution in [3.8, 4) is 0 Å². The summed E-state index contributed by atoms with van der Waals surface area (Å²) in [4.78, 5) is 19.9. The number of para-hydroxylation sites is 2. The Hall–Kier alpha value is -2.82. The zero-order valence-corrected chi connectivity index (χ0v) is 18.3. The summed E-state index contributed by atoms with van der Waals surface area (Å²) in [7, 11) is 0. The van der Waals surface area contributed by atoms with Crippen LogP contribution in [-0.2, 0) is 11.3 Å². The van der Waals surface area contributed by atoms with E-state index in [9.17, 15) is 4.79 Å². The van der Waals surface area contributed by atoms with Crippen LogP contribution in [0.4, 0.5) is 5.95 Å². The van der Waals surface area contributed by atoms with Crippen molar-refractivity contribution in [1.29, 1.82) is 0 Å². The third-order valence-electron chi connectivity index (χ3n) is 6.37. The number of aryl methyl sites for hydroxylation is 1. The van der Waals surface area contributed by atoms with E-state index in [4.69, 9.17) is 4.98 Å². The van der Waals surface area contributed by atoms with Gasteiger partial charge in [-0.1, -0.05) is 43.3 Å². The maximum absolute atomic E-state index is 12.5. The zero-order valence-electron chi connectivity index (χ0n) is 18.3. The van der Waals surface area contributed by atoms with Gasteiger partial charge in [0.15, 0.2) is 0 Å². The third-order valence-corrected chi connectivity index (χ3v) is 6.37. The SMILES string of the molecule is CCC(C)NC(=O)C1CCN(c2nc3ccccc3n2Cc2ccccc2C)CC1. The summed E-state index contributed by atoms with van der Waals surface area (Å²) >= 11 is 0. The van der Waals surface area contributed by atoms with Crippen LogP contribution in [0.1, 0.15) is 44.2 Å². The molecule has 0 saturated carbocycles. The molecule has 158 valence electrons. The van der Waals surface area contributed by atoms with Crippen molar-refractivity contribution in [2.75, 3.05) is 18.0 Å². The van der Waals surface area contributed by atoms with Gasteiger partial charge in [-0.3, -0.25) is 4.79 Å². The van der Waals surface area contributed by atoms with Crippen LogP contribution in [0.2, 0.25) is 0 Å². The number of piperidine rings is 1. The van der Waals surface area contributed by atoms with E-state index in [0.717, 1.165) is 55.9 Å². The maximum atomic E-state index is 12.5. The molecule has 2 heterocycles. The first-order valence-corrected chi connectivity index (χ1v) is 11.1. The summed E-state index contributed by atoms with van der Waals surface area (Å²) in [5, 5.41) is 3.15. The van der Waals surface area contributed by atoms with E-state index in [1.165, 1.54) is 11.1 Å². The molecule has 1 saturated heterocycles. The third kappa shape index (κ3) is 4.20. The summed E-state index contributed by atoms with van der Waals surface area (Å²) < 4.78 is 2.33. The molecule has 5 heteroatoms. The molecule has 1 unspecified atom stereocenters. The second-order valence-electron chi connectivity index (χ2n) is 8.49. The Morgan fingerprint density at radius 2 is 1.83 bits per heavy atom. The number of amides is 1. The number of fused-ring (bicyclic) bond motifs is 1. The maximum Gasteiger partial charge on any atom is 0.223 e. The molecule has 0 spiro atoms. The van der Waals surface area contributed by atoms with Gasteiger partial charge in [-0.2, -0.15) is 0 Å². The van der Waals surface area contributed by atoms with Crippen molar-refractivity contribution in [3.05, 3.63) is 59.7 Å². The van der Waals surface area contributed by atoms with Crippen molar-refractivity contribution < 1.29 is 4.79 Å². The second kappa shape index (κ2) is 8.90. The normalized spacial score (nSPS) is 16.0. The number of hydrogen-bond acceptors (Lipinski definition) is 3. The topological polar surface area (TPSA) is 50.2 Å². The fraction of sp³-hybridized carbons (Fsp3) is 0.440. The van der Waals surface area contributed by atoms with E-state index >= 15 is 0 Å². The average molecular weight is 405 g/mol. The van der Waals surface area contributed by atoms with E-state index in [0.29, 0.717) is 0 Å². The first-order chi connectivity index (χ1) is 14.6. The number of carbonyl (C=O) groups is 1. The lowest BCUT2D eigenvalue weighted by Gasteiger charge is -2.33. The lowest BCUT2D eigenvalue weighted by atomic mass is 9.95. The van der Waals surface area contributed by atoms with Crippen LogP contribution in [0.15, 0.2) is 48.5 Å². The average Bonchev–Trinajstić information content (AvgIpc) is 3.13. The fourth-order valence-corrected chi connectivity index (χ4v) is 4.22.